The number of hydrogen-bond donors (Lipinski definition) is 2. The summed E-state index contributed by atoms with van der Waals surface area (Å²) in [6.45, 7) is 0.355. The summed E-state index contributed by atoms with van der Waals surface area (Å²) in [6.07, 6.45) is 0. The van der Waals surface area contributed by atoms with Crippen LogP contribution in [-0.4, -0.2) is 5.11 Å². The van der Waals surface area contributed by atoms with Gasteiger partial charge >= 0.3 is 0 Å². The number of rotatable bonds is 3. The third-order valence-electron chi connectivity index (χ3n) is 2.32. The molecule has 3 nitrogen and oxygen atoms in total. The predicted molar refractivity (Wildman–Crippen MR) is 68.3 cm³/mol. The second-order valence-corrected chi connectivity index (χ2v) is 4.02. The van der Waals surface area contributed by atoms with Crippen molar-refractivity contribution < 1.29 is 9.84 Å². The van der Waals surface area contributed by atoms with Gasteiger partial charge < -0.3 is 15.6 Å². The molecule has 0 aliphatic rings. The first-order valence-electron chi connectivity index (χ1n) is 5.11. The molecule has 2 rings (SSSR count). The monoisotopic (exact) mass is 249 g/mol. The van der Waals surface area contributed by atoms with Gasteiger partial charge in [0.15, 0.2) is 0 Å². The molecule has 0 amide bonds. The highest BCUT2D eigenvalue weighted by Crippen LogP contribution is 2.25. The van der Waals surface area contributed by atoms with Crippen molar-refractivity contribution in [2.24, 2.45) is 0 Å². The Morgan fingerprint density at radius 3 is 2.65 bits per heavy atom. The van der Waals surface area contributed by atoms with Crippen LogP contribution in [0.15, 0.2) is 42.5 Å². The minimum atomic E-state index is 0.0755. The SMILES string of the molecule is Nc1cc(COc2ccccc2Cl)ccc1O. The van der Waals surface area contributed by atoms with Crippen molar-refractivity contribution in [3.8, 4) is 11.5 Å². The summed E-state index contributed by atoms with van der Waals surface area (Å²) < 4.78 is 5.55. The molecule has 0 saturated carbocycles. The molecule has 0 radical (unpaired) electrons. The number of phenols is 1. The number of nitrogen functional groups attached to an aromatic ring is 1. The zero-order chi connectivity index (χ0) is 12.3. The number of nitrogens with two attached hydrogens (primary N) is 1. The van der Waals surface area contributed by atoms with E-state index in [1.165, 1.54) is 0 Å². The summed E-state index contributed by atoms with van der Waals surface area (Å²) in [5, 5.41) is 9.85. The second-order valence-electron chi connectivity index (χ2n) is 3.61. The average molecular weight is 250 g/mol. The molecule has 0 fully saturated rings. The number of hydrogen-bond acceptors (Lipinski definition) is 3. The Hall–Kier alpha value is -1.87. The van der Waals surface area contributed by atoms with E-state index in [1.54, 1.807) is 30.3 Å². The van der Waals surface area contributed by atoms with Gasteiger partial charge in [0.05, 0.1) is 10.7 Å². The van der Waals surface area contributed by atoms with Crippen molar-refractivity contribution >= 4 is 17.3 Å². The first kappa shape index (κ1) is 11.6. The fourth-order valence-corrected chi connectivity index (χ4v) is 1.61. The third kappa shape index (κ3) is 2.82. The van der Waals surface area contributed by atoms with Crippen molar-refractivity contribution in [2.75, 3.05) is 5.73 Å². The maximum absolute atomic E-state index is 9.29. The minimum Gasteiger partial charge on any atom is -0.506 e. The molecular formula is C13H12ClNO2. The van der Waals surface area contributed by atoms with Crippen LogP contribution in [0.3, 0.4) is 0 Å². The van der Waals surface area contributed by atoms with Crippen molar-refractivity contribution in [1.82, 2.24) is 0 Å². The molecular weight excluding hydrogens is 238 g/mol. The Morgan fingerprint density at radius 1 is 1.18 bits per heavy atom. The van der Waals surface area contributed by atoms with Crippen LogP contribution < -0.4 is 10.5 Å². The van der Waals surface area contributed by atoms with Gasteiger partial charge in [0, 0.05) is 0 Å². The third-order valence-corrected chi connectivity index (χ3v) is 2.64. The maximum Gasteiger partial charge on any atom is 0.138 e. The van der Waals surface area contributed by atoms with Crippen molar-refractivity contribution in [3.05, 3.63) is 53.1 Å². The first-order valence-corrected chi connectivity index (χ1v) is 5.49. The van der Waals surface area contributed by atoms with Gasteiger partial charge in [0.2, 0.25) is 0 Å². The molecule has 0 aliphatic heterocycles. The highest BCUT2D eigenvalue weighted by atomic mass is 35.5. The highest BCUT2D eigenvalue weighted by Gasteiger charge is 2.02. The van der Waals surface area contributed by atoms with Gasteiger partial charge in [-0.15, -0.1) is 0 Å². The zero-order valence-corrected chi connectivity index (χ0v) is 9.82. The van der Waals surface area contributed by atoms with Gasteiger partial charge in [-0.05, 0) is 29.8 Å². The molecule has 0 bridgehead atoms. The summed E-state index contributed by atoms with van der Waals surface area (Å²) in [5.41, 5.74) is 6.80. The van der Waals surface area contributed by atoms with E-state index in [4.69, 9.17) is 22.1 Å². The first-order chi connectivity index (χ1) is 8.16. The Labute approximate surface area is 104 Å². The van der Waals surface area contributed by atoms with E-state index in [1.807, 2.05) is 12.1 Å². The van der Waals surface area contributed by atoms with Crippen LogP contribution in [0.25, 0.3) is 0 Å². The van der Waals surface area contributed by atoms with Gasteiger partial charge in [-0.25, -0.2) is 0 Å². The summed E-state index contributed by atoms with van der Waals surface area (Å²) in [6, 6.07) is 12.2. The molecule has 0 saturated heterocycles. The van der Waals surface area contributed by atoms with Crippen molar-refractivity contribution in [3.63, 3.8) is 0 Å². The molecule has 88 valence electrons. The zero-order valence-electron chi connectivity index (χ0n) is 9.06. The van der Waals surface area contributed by atoms with Crippen LogP contribution >= 0.6 is 11.6 Å². The fourth-order valence-electron chi connectivity index (χ4n) is 1.42. The Bertz CT molecular complexity index is 529. The number of para-hydroxylation sites is 1. The largest absolute Gasteiger partial charge is 0.506 e. The second kappa shape index (κ2) is 4.97. The van der Waals surface area contributed by atoms with Gasteiger partial charge in [0.25, 0.3) is 0 Å². The van der Waals surface area contributed by atoms with Crippen molar-refractivity contribution in [2.45, 2.75) is 6.61 Å². The summed E-state index contributed by atoms with van der Waals surface area (Å²) in [4.78, 5) is 0. The fraction of sp³-hybridized carbons (Fsp3) is 0.0769. The molecule has 0 aromatic heterocycles. The van der Waals surface area contributed by atoms with Crippen LogP contribution in [0, 0.1) is 0 Å². The Kier molecular flexibility index (Phi) is 3.40. The molecule has 0 atom stereocenters. The Morgan fingerprint density at radius 2 is 1.94 bits per heavy atom. The highest BCUT2D eigenvalue weighted by molar-refractivity contribution is 6.32. The number of anilines is 1. The molecule has 0 heterocycles. The number of ether oxygens (including phenoxy) is 1. The molecule has 4 heteroatoms. The number of phenolic OH excluding ortho intramolecular Hbond substituents is 1. The van der Waals surface area contributed by atoms with Gasteiger partial charge in [-0.1, -0.05) is 29.8 Å². The number of benzene rings is 2. The van der Waals surface area contributed by atoms with E-state index in [-0.39, 0.29) is 5.75 Å². The average Bonchev–Trinajstić information content (AvgIpc) is 2.32. The topological polar surface area (TPSA) is 55.5 Å². The quantitative estimate of drug-likeness (QED) is 0.649. The number of halogens is 1. The van der Waals surface area contributed by atoms with Crippen LogP contribution in [0.2, 0.25) is 5.02 Å². The summed E-state index contributed by atoms with van der Waals surface area (Å²) >= 11 is 5.96. The molecule has 3 N–H and O–H groups in total. The standard InChI is InChI=1S/C13H12ClNO2/c14-10-3-1-2-4-13(10)17-8-9-5-6-12(16)11(15)7-9/h1-7,16H,8,15H2. The van der Waals surface area contributed by atoms with E-state index in [9.17, 15) is 5.11 Å². The molecule has 0 spiro atoms. The number of aromatic hydroxyl groups is 1. The predicted octanol–water partition coefficient (Wildman–Crippen LogP) is 3.21. The lowest BCUT2D eigenvalue weighted by molar-refractivity contribution is 0.306. The van der Waals surface area contributed by atoms with E-state index in [0.717, 1.165) is 5.56 Å². The molecule has 0 aliphatic carbocycles. The summed E-state index contributed by atoms with van der Waals surface area (Å²) in [5.74, 6) is 0.701. The normalized spacial score (nSPS) is 10.2. The minimum absolute atomic E-state index is 0.0755. The Balaban J connectivity index is 2.08. The van der Waals surface area contributed by atoms with Crippen LogP contribution in [0.4, 0.5) is 5.69 Å². The van der Waals surface area contributed by atoms with Crippen LogP contribution in [-0.2, 0) is 6.61 Å². The van der Waals surface area contributed by atoms with Crippen LogP contribution in [0.1, 0.15) is 5.56 Å². The van der Waals surface area contributed by atoms with Crippen molar-refractivity contribution in [1.29, 1.82) is 0 Å². The molecule has 2 aromatic rings. The van der Waals surface area contributed by atoms with E-state index in [0.29, 0.717) is 23.1 Å². The van der Waals surface area contributed by atoms with Crippen LogP contribution in [0.5, 0.6) is 11.5 Å². The summed E-state index contributed by atoms with van der Waals surface area (Å²) in [7, 11) is 0. The molecule has 0 unspecified atom stereocenters. The lowest BCUT2D eigenvalue weighted by atomic mass is 10.2. The van der Waals surface area contributed by atoms with Gasteiger partial charge in [0.1, 0.15) is 18.1 Å². The maximum atomic E-state index is 9.29. The molecule has 17 heavy (non-hydrogen) atoms. The van der Waals surface area contributed by atoms with E-state index >= 15 is 0 Å². The van der Waals surface area contributed by atoms with Gasteiger partial charge in [-0.3, -0.25) is 0 Å². The van der Waals surface area contributed by atoms with E-state index < -0.39 is 0 Å². The van der Waals surface area contributed by atoms with Gasteiger partial charge in [-0.2, -0.15) is 0 Å². The smallest absolute Gasteiger partial charge is 0.138 e. The molecule has 2 aromatic carbocycles. The van der Waals surface area contributed by atoms with E-state index in [2.05, 4.69) is 0 Å². The lowest BCUT2D eigenvalue weighted by Crippen LogP contribution is -1.97. The lowest BCUT2D eigenvalue weighted by Gasteiger charge is -2.08.